The molecule has 0 aliphatic rings. The highest BCUT2D eigenvalue weighted by Crippen LogP contribution is 2.03. The average Bonchev–Trinajstić information content (AvgIpc) is 2.15. The summed E-state index contributed by atoms with van der Waals surface area (Å²) >= 11 is 0. The number of hydrogen-bond donors (Lipinski definition) is 1. The molecule has 0 aliphatic carbocycles. The van der Waals surface area contributed by atoms with Crippen molar-refractivity contribution < 1.29 is 4.74 Å². The highest BCUT2D eigenvalue weighted by molar-refractivity contribution is 5.16. The molecule has 0 radical (unpaired) electrons. The first-order valence-electron chi connectivity index (χ1n) is 4.47. The summed E-state index contributed by atoms with van der Waals surface area (Å²) in [4.78, 5) is 4.23. The molecule has 3 heteroatoms. The lowest BCUT2D eigenvalue weighted by Crippen LogP contribution is -2.14. The highest BCUT2D eigenvalue weighted by Gasteiger charge is 1.97. The normalized spacial score (nSPS) is 10.3. The van der Waals surface area contributed by atoms with Gasteiger partial charge in [-0.2, -0.15) is 0 Å². The van der Waals surface area contributed by atoms with Gasteiger partial charge < -0.3 is 10.1 Å². The Hall–Kier alpha value is -0.930. The van der Waals surface area contributed by atoms with Crippen LogP contribution in [-0.4, -0.2) is 25.2 Å². The quantitative estimate of drug-likeness (QED) is 0.690. The zero-order valence-corrected chi connectivity index (χ0v) is 8.21. The Morgan fingerprint density at radius 1 is 1.54 bits per heavy atom. The topological polar surface area (TPSA) is 34.1 Å². The van der Waals surface area contributed by atoms with Crippen molar-refractivity contribution in [1.82, 2.24) is 10.3 Å². The van der Waals surface area contributed by atoms with E-state index in [2.05, 4.69) is 10.3 Å². The summed E-state index contributed by atoms with van der Waals surface area (Å²) in [7, 11) is 1.91. The minimum Gasteiger partial charge on any atom is -0.374 e. The average molecular weight is 180 g/mol. The second-order valence-corrected chi connectivity index (χ2v) is 2.92. The third kappa shape index (κ3) is 3.53. The fourth-order valence-corrected chi connectivity index (χ4v) is 1.01. The lowest BCUT2D eigenvalue weighted by molar-refractivity contribution is 0.121. The number of pyridine rings is 1. The van der Waals surface area contributed by atoms with Crippen molar-refractivity contribution in [2.75, 3.05) is 20.2 Å². The standard InChI is InChI=1S/C10H16N2O/c1-9-4-3-5-12-10(9)8-13-7-6-11-2/h3-5,11H,6-8H2,1-2H3. The van der Waals surface area contributed by atoms with Gasteiger partial charge in [-0.25, -0.2) is 0 Å². The number of nitrogens with one attached hydrogen (secondary N) is 1. The van der Waals surface area contributed by atoms with Gasteiger partial charge in [0, 0.05) is 12.7 Å². The van der Waals surface area contributed by atoms with Crippen molar-refractivity contribution in [2.24, 2.45) is 0 Å². The first kappa shape index (κ1) is 10.2. The van der Waals surface area contributed by atoms with Crippen LogP contribution in [0.3, 0.4) is 0 Å². The van der Waals surface area contributed by atoms with Crippen LogP contribution < -0.4 is 5.32 Å². The first-order valence-corrected chi connectivity index (χ1v) is 4.47. The first-order chi connectivity index (χ1) is 6.34. The predicted octanol–water partition coefficient (Wildman–Crippen LogP) is 1.13. The van der Waals surface area contributed by atoms with E-state index in [-0.39, 0.29) is 0 Å². The summed E-state index contributed by atoms with van der Waals surface area (Å²) in [6.07, 6.45) is 1.80. The van der Waals surface area contributed by atoms with Crippen molar-refractivity contribution in [3.8, 4) is 0 Å². The van der Waals surface area contributed by atoms with Gasteiger partial charge in [0.15, 0.2) is 0 Å². The maximum Gasteiger partial charge on any atom is 0.0891 e. The summed E-state index contributed by atoms with van der Waals surface area (Å²) in [5.74, 6) is 0. The molecule has 0 unspecified atom stereocenters. The Balaban J connectivity index is 2.32. The molecule has 0 aromatic carbocycles. The Kier molecular flexibility index (Phi) is 4.43. The zero-order valence-electron chi connectivity index (χ0n) is 8.21. The van der Waals surface area contributed by atoms with Crippen LogP contribution in [0.4, 0.5) is 0 Å². The van der Waals surface area contributed by atoms with E-state index < -0.39 is 0 Å². The van der Waals surface area contributed by atoms with Gasteiger partial charge in [-0.15, -0.1) is 0 Å². The van der Waals surface area contributed by atoms with Crippen LogP contribution in [-0.2, 0) is 11.3 Å². The molecule has 1 aromatic heterocycles. The number of aryl methyl sites for hydroxylation is 1. The van der Waals surface area contributed by atoms with Crippen molar-refractivity contribution in [3.05, 3.63) is 29.6 Å². The Bertz CT molecular complexity index is 250. The number of nitrogens with zero attached hydrogens (tertiary/aromatic N) is 1. The molecule has 0 aliphatic heterocycles. The van der Waals surface area contributed by atoms with Crippen molar-refractivity contribution >= 4 is 0 Å². The van der Waals surface area contributed by atoms with Crippen LogP contribution in [0.15, 0.2) is 18.3 Å². The molecule has 0 bridgehead atoms. The fourth-order valence-electron chi connectivity index (χ4n) is 1.01. The Morgan fingerprint density at radius 3 is 3.08 bits per heavy atom. The lowest BCUT2D eigenvalue weighted by atomic mass is 10.2. The Morgan fingerprint density at radius 2 is 2.38 bits per heavy atom. The van der Waals surface area contributed by atoms with Crippen LogP contribution in [0.1, 0.15) is 11.3 Å². The van der Waals surface area contributed by atoms with Crippen LogP contribution >= 0.6 is 0 Å². The molecule has 1 aromatic rings. The monoisotopic (exact) mass is 180 g/mol. The molecule has 0 atom stereocenters. The third-order valence-electron chi connectivity index (χ3n) is 1.85. The molecule has 0 fully saturated rings. The maximum absolute atomic E-state index is 5.42. The van der Waals surface area contributed by atoms with Crippen LogP contribution in [0, 0.1) is 6.92 Å². The molecule has 1 heterocycles. The SMILES string of the molecule is CNCCOCc1ncccc1C. The number of ether oxygens (including phenoxy) is 1. The van der Waals surface area contributed by atoms with Crippen molar-refractivity contribution in [2.45, 2.75) is 13.5 Å². The van der Waals surface area contributed by atoms with E-state index in [0.717, 1.165) is 18.8 Å². The number of likely N-dealkylation sites (N-methyl/N-ethyl adjacent to an activating group) is 1. The maximum atomic E-state index is 5.42. The van der Waals surface area contributed by atoms with E-state index in [9.17, 15) is 0 Å². The minimum absolute atomic E-state index is 0.606. The summed E-state index contributed by atoms with van der Waals surface area (Å²) in [6, 6.07) is 3.98. The fraction of sp³-hybridized carbons (Fsp3) is 0.500. The molecule has 1 N–H and O–H groups in total. The number of rotatable bonds is 5. The highest BCUT2D eigenvalue weighted by atomic mass is 16.5. The van der Waals surface area contributed by atoms with Crippen molar-refractivity contribution in [3.63, 3.8) is 0 Å². The smallest absolute Gasteiger partial charge is 0.0891 e. The molecular weight excluding hydrogens is 164 g/mol. The van der Waals surface area contributed by atoms with Gasteiger partial charge >= 0.3 is 0 Å². The van der Waals surface area contributed by atoms with Gasteiger partial charge in [-0.3, -0.25) is 4.98 Å². The molecule has 0 spiro atoms. The zero-order chi connectivity index (χ0) is 9.52. The second-order valence-electron chi connectivity index (χ2n) is 2.92. The minimum atomic E-state index is 0.606. The van der Waals surface area contributed by atoms with Crippen LogP contribution in [0.2, 0.25) is 0 Å². The van der Waals surface area contributed by atoms with Gasteiger partial charge in [-0.05, 0) is 25.6 Å². The largest absolute Gasteiger partial charge is 0.374 e. The van der Waals surface area contributed by atoms with Gasteiger partial charge in [0.25, 0.3) is 0 Å². The molecule has 13 heavy (non-hydrogen) atoms. The van der Waals surface area contributed by atoms with Crippen LogP contribution in [0.5, 0.6) is 0 Å². The molecule has 72 valence electrons. The molecule has 0 saturated carbocycles. The van der Waals surface area contributed by atoms with Crippen molar-refractivity contribution in [1.29, 1.82) is 0 Å². The van der Waals surface area contributed by atoms with E-state index in [1.54, 1.807) is 6.20 Å². The molecule has 3 nitrogen and oxygen atoms in total. The van der Waals surface area contributed by atoms with Gasteiger partial charge in [0.05, 0.1) is 18.9 Å². The molecule has 0 amide bonds. The van der Waals surface area contributed by atoms with E-state index in [1.807, 2.05) is 26.1 Å². The summed E-state index contributed by atoms with van der Waals surface area (Å²) in [5.41, 5.74) is 2.21. The molecular formula is C10H16N2O. The van der Waals surface area contributed by atoms with E-state index in [1.165, 1.54) is 5.56 Å². The summed E-state index contributed by atoms with van der Waals surface area (Å²) in [6.45, 7) is 4.26. The predicted molar refractivity (Wildman–Crippen MR) is 52.6 cm³/mol. The molecule has 1 rings (SSSR count). The number of aromatic nitrogens is 1. The number of hydrogen-bond acceptors (Lipinski definition) is 3. The molecule has 0 saturated heterocycles. The summed E-state index contributed by atoms with van der Waals surface area (Å²) in [5, 5.41) is 3.02. The van der Waals surface area contributed by atoms with Gasteiger partial charge in [-0.1, -0.05) is 6.07 Å². The van der Waals surface area contributed by atoms with E-state index in [4.69, 9.17) is 4.74 Å². The lowest BCUT2D eigenvalue weighted by Gasteiger charge is -2.05. The summed E-state index contributed by atoms with van der Waals surface area (Å²) < 4.78 is 5.42. The van der Waals surface area contributed by atoms with Gasteiger partial charge in [0.2, 0.25) is 0 Å². The van der Waals surface area contributed by atoms with Crippen LogP contribution in [0.25, 0.3) is 0 Å². The second kappa shape index (κ2) is 5.67. The Labute approximate surface area is 79.1 Å². The van der Waals surface area contributed by atoms with Gasteiger partial charge in [0.1, 0.15) is 0 Å². The third-order valence-corrected chi connectivity index (χ3v) is 1.85. The van der Waals surface area contributed by atoms with E-state index in [0.29, 0.717) is 6.61 Å². The van der Waals surface area contributed by atoms with E-state index >= 15 is 0 Å².